The number of benzene rings is 1. The topological polar surface area (TPSA) is 49.2 Å². The smallest absolute Gasteiger partial charge is 0.229 e. The van der Waals surface area contributed by atoms with Gasteiger partial charge in [-0.15, -0.1) is 0 Å². The van der Waals surface area contributed by atoms with Crippen LogP contribution in [-0.2, 0) is 10.0 Å². The Kier molecular flexibility index (Phi) is 3.71. The zero-order valence-electron chi connectivity index (χ0n) is 10.6. The van der Waals surface area contributed by atoms with Crippen molar-refractivity contribution >= 4 is 22.4 Å². The molecule has 5 heteroatoms. The lowest BCUT2D eigenvalue weighted by atomic mass is 9.90. The molecule has 0 unspecified atom stereocenters. The quantitative estimate of drug-likeness (QED) is 0.847. The number of hydrogen-bond donors (Lipinski definition) is 1. The van der Waals surface area contributed by atoms with Crippen LogP contribution in [0.2, 0.25) is 0 Å². The predicted octanol–water partition coefficient (Wildman–Crippen LogP) is 1.65. The molecule has 1 aromatic rings. The molecule has 0 spiro atoms. The Balaban J connectivity index is 2.06. The fourth-order valence-corrected chi connectivity index (χ4v) is 2.87. The van der Waals surface area contributed by atoms with Gasteiger partial charge in [0, 0.05) is 18.5 Å². The third-order valence-electron chi connectivity index (χ3n) is 3.27. The highest BCUT2D eigenvalue weighted by Crippen LogP contribution is 2.27. The van der Waals surface area contributed by atoms with Gasteiger partial charge < -0.3 is 0 Å². The van der Waals surface area contributed by atoms with Gasteiger partial charge in [0.15, 0.2) is 0 Å². The summed E-state index contributed by atoms with van der Waals surface area (Å²) in [6.45, 7) is 5.98. The highest BCUT2D eigenvalue weighted by molar-refractivity contribution is 7.92. The Labute approximate surface area is 108 Å². The molecule has 1 aliphatic rings. The van der Waals surface area contributed by atoms with E-state index < -0.39 is 10.0 Å². The summed E-state index contributed by atoms with van der Waals surface area (Å²) < 4.78 is 26.8. The maximum atomic E-state index is 11.1. The standard InChI is InChI=1S/C13H19N2O2S/c1-15-9-7-12(8-10-15)11-3-5-13(6-4-11)14-18(2,16)17/h3-6,12,14H,1,7-10H2,2H3/q+1. The first kappa shape index (κ1) is 13.1. The first-order valence-electron chi connectivity index (χ1n) is 6.07. The molecule has 0 atom stereocenters. The average Bonchev–Trinajstić information content (AvgIpc) is 2.29. The molecule has 1 heterocycles. The van der Waals surface area contributed by atoms with Gasteiger partial charge in [-0.3, -0.25) is 4.72 Å². The van der Waals surface area contributed by atoms with Gasteiger partial charge in [-0.2, -0.15) is 0 Å². The molecule has 1 aromatic carbocycles. The third kappa shape index (κ3) is 3.57. The second-order valence-electron chi connectivity index (χ2n) is 4.89. The number of rotatable bonds is 3. The number of sulfonamides is 1. The van der Waals surface area contributed by atoms with E-state index >= 15 is 0 Å². The normalized spacial score (nSPS) is 17.7. The van der Waals surface area contributed by atoms with Crippen molar-refractivity contribution in [2.24, 2.45) is 0 Å². The summed E-state index contributed by atoms with van der Waals surface area (Å²) in [7, 11) is -3.19. The minimum Gasteiger partial charge on any atom is -0.284 e. The molecule has 1 N–H and O–H groups in total. The summed E-state index contributed by atoms with van der Waals surface area (Å²) in [5.74, 6) is 0.565. The first-order chi connectivity index (χ1) is 8.44. The highest BCUT2D eigenvalue weighted by atomic mass is 32.2. The lowest BCUT2D eigenvalue weighted by molar-refractivity contribution is -0.530. The van der Waals surface area contributed by atoms with Gasteiger partial charge >= 0.3 is 0 Å². The van der Waals surface area contributed by atoms with Gasteiger partial charge in [-0.1, -0.05) is 12.1 Å². The summed E-state index contributed by atoms with van der Waals surface area (Å²) in [5, 5.41) is 0. The number of piperidine rings is 1. The van der Waals surface area contributed by atoms with E-state index in [0.717, 1.165) is 32.2 Å². The molecule has 0 radical (unpaired) electrons. The summed E-state index contributed by atoms with van der Waals surface area (Å²) in [5.41, 5.74) is 1.90. The van der Waals surface area contributed by atoms with Crippen molar-refractivity contribution in [2.75, 3.05) is 24.1 Å². The fourth-order valence-electron chi connectivity index (χ4n) is 2.30. The van der Waals surface area contributed by atoms with Crippen LogP contribution in [-0.4, -0.2) is 39.1 Å². The minimum atomic E-state index is -3.19. The zero-order valence-corrected chi connectivity index (χ0v) is 11.4. The largest absolute Gasteiger partial charge is 0.284 e. The minimum absolute atomic E-state index is 0.565. The Morgan fingerprint density at radius 1 is 1.22 bits per heavy atom. The molecule has 1 saturated heterocycles. The number of nitrogens with zero attached hydrogens (tertiary/aromatic N) is 1. The molecule has 1 aliphatic heterocycles. The Bertz CT molecular complexity index is 525. The van der Waals surface area contributed by atoms with Gasteiger partial charge in [0.25, 0.3) is 0 Å². The van der Waals surface area contributed by atoms with Crippen LogP contribution < -0.4 is 4.72 Å². The van der Waals surface area contributed by atoms with Gasteiger partial charge in [0.1, 0.15) is 19.8 Å². The van der Waals surface area contributed by atoms with E-state index in [0.29, 0.717) is 11.6 Å². The van der Waals surface area contributed by atoms with Gasteiger partial charge in [0.2, 0.25) is 10.0 Å². The van der Waals surface area contributed by atoms with Crippen LogP contribution in [0.25, 0.3) is 0 Å². The van der Waals surface area contributed by atoms with Crippen molar-refractivity contribution in [3.63, 3.8) is 0 Å². The van der Waals surface area contributed by atoms with Crippen LogP contribution in [0.4, 0.5) is 5.69 Å². The third-order valence-corrected chi connectivity index (χ3v) is 3.88. The Morgan fingerprint density at radius 3 is 2.28 bits per heavy atom. The van der Waals surface area contributed by atoms with Crippen LogP contribution in [0.15, 0.2) is 24.3 Å². The first-order valence-corrected chi connectivity index (χ1v) is 7.96. The average molecular weight is 267 g/mol. The SMILES string of the molecule is C=[N+]1CCC(c2ccc(NS(C)(=O)=O)cc2)CC1. The molecule has 1 fully saturated rings. The van der Waals surface area contributed by atoms with E-state index in [4.69, 9.17) is 0 Å². The van der Waals surface area contributed by atoms with Crippen molar-refractivity contribution in [3.05, 3.63) is 29.8 Å². The van der Waals surface area contributed by atoms with Gasteiger partial charge in [-0.25, -0.2) is 13.0 Å². The number of anilines is 1. The summed E-state index contributed by atoms with van der Waals surface area (Å²) in [6.07, 6.45) is 3.38. The van der Waals surface area contributed by atoms with Gasteiger partial charge in [-0.05, 0) is 23.6 Å². The van der Waals surface area contributed by atoms with Crippen molar-refractivity contribution < 1.29 is 13.0 Å². The van der Waals surface area contributed by atoms with Crippen LogP contribution in [0.5, 0.6) is 0 Å². The van der Waals surface area contributed by atoms with E-state index in [9.17, 15) is 8.42 Å². The van der Waals surface area contributed by atoms with E-state index in [2.05, 4.69) is 16.0 Å². The monoisotopic (exact) mass is 267 g/mol. The van der Waals surface area contributed by atoms with E-state index in [-0.39, 0.29) is 0 Å². The number of nitrogens with one attached hydrogen (secondary N) is 1. The summed E-state index contributed by atoms with van der Waals surface area (Å²) in [4.78, 5) is 0. The van der Waals surface area contributed by atoms with Crippen LogP contribution in [0, 0.1) is 0 Å². The lowest BCUT2D eigenvalue weighted by Gasteiger charge is -2.20. The van der Waals surface area contributed by atoms with Crippen LogP contribution in [0.3, 0.4) is 0 Å². The van der Waals surface area contributed by atoms with E-state index in [1.807, 2.05) is 24.3 Å². The maximum Gasteiger partial charge on any atom is 0.229 e. The van der Waals surface area contributed by atoms with Gasteiger partial charge in [0.05, 0.1) is 6.26 Å². The molecular formula is C13H19N2O2S+. The fraction of sp³-hybridized carbons (Fsp3) is 0.462. The maximum absolute atomic E-state index is 11.1. The molecule has 4 nitrogen and oxygen atoms in total. The van der Waals surface area contributed by atoms with Crippen molar-refractivity contribution in [3.8, 4) is 0 Å². The molecule has 0 saturated carbocycles. The summed E-state index contributed by atoms with van der Waals surface area (Å²) in [6, 6.07) is 7.67. The van der Waals surface area contributed by atoms with Crippen molar-refractivity contribution in [2.45, 2.75) is 18.8 Å². The van der Waals surface area contributed by atoms with E-state index in [1.54, 1.807) is 0 Å². The van der Waals surface area contributed by atoms with Crippen LogP contribution in [0.1, 0.15) is 24.3 Å². The van der Waals surface area contributed by atoms with Crippen molar-refractivity contribution in [1.29, 1.82) is 0 Å². The second kappa shape index (κ2) is 5.10. The molecule has 0 aliphatic carbocycles. The molecule has 0 aromatic heterocycles. The molecule has 0 amide bonds. The second-order valence-corrected chi connectivity index (χ2v) is 6.64. The molecule has 0 bridgehead atoms. The zero-order chi connectivity index (χ0) is 13.2. The Hall–Kier alpha value is -1.36. The lowest BCUT2D eigenvalue weighted by Crippen LogP contribution is -2.23. The van der Waals surface area contributed by atoms with Crippen molar-refractivity contribution in [1.82, 2.24) is 0 Å². The molecular weight excluding hydrogens is 248 g/mol. The highest BCUT2D eigenvalue weighted by Gasteiger charge is 2.21. The molecule has 98 valence electrons. The predicted molar refractivity (Wildman–Crippen MR) is 74.0 cm³/mol. The Morgan fingerprint density at radius 2 is 1.78 bits per heavy atom. The van der Waals surface area contributed by atoms with E-state index in [1.165, 1.54) is 5.56 Å². The number of hydrogen-bond acceptors (Lipinski definition) is 2. The molecule has 2 rings (SSSR count). The molecule has 18 heavy (non-hydrogen) atoms. The van der Waals surface area contributed by atoms with Crippen LogP contribution >= 0.6 is 0 Å². The summed E-state index contributed by atoms with van der Waals surface area (Å²) >= 11 is 0.